The SMILES string of the molecule is Cc1ncc(-c2ccc3nc(NC(=O)C(C)N4CCN(c5ncc(OCC(=O)N[C@H](C(=O)N6C[C@H](O)C[C@H]6C(=O)NCc6ccc(-c7scnc7C)cc6)C(C)(C)C)cn5)CC4)sc3c2)cc1NC(=O)OC1CCCCC1. The molecule has 5 amide bonds. The number of β-amino-alcohol motifs (C(OH)–C–C–N with tert-alkyl or cyclic N) is 1. The van der Waals surface area contributed by atoms with E-state index in [4.69, 9.17) is 9.47 Å². The summed E-state index contributed by atoms with van der Waals surface area (Å²) < 4.78 is 12.3. The Hall–Kier alpha value is -7.14. The Bertz CT molecular complexity index is 3080. The standard InChI is InChI=1S/C55H66N12O8S2/c1-32-43(62-54(73)75-40-10-8-7-9-11-40)22-38(26-56-32)37-16-17-42-45(23-37)77-53(61-42)64-49(70)34(3)65-18-20-66(21-19-65)52-58-27-41(28-59-52)74-30-46(69)63-48(55(4,5)6)51(72)67-29-39(68)24-44(67)50(71)57-25-35-12-14-36(15-13-35)47-33(2)60-31-76-47/h12-17,22-23,26-28,31,34,39-40,44,48,68H,7-11,18-21,24-25,29-30H2,1-6H3,(H,57,71)(H,62,73)(H,63,69)(H,61,64,70)/t34?,39-,44+,48-/m1/s1. The number of carbonyl (C=O) groups excluding carboxylic acids is 5. The van der Waals surface area contributed by atoms with Crippen molar-refractivity contribution in [2.45, 2.75) is 117 Å². The van der Waals surface area contributed by atoms with Gasteiger partial charge in [0.25, 0.3) is 5.91 Å². The lowest BCUT2D eigenvalue weighted by Crippen LogP contribution is -2.58. The molecule has 77 heavy (non-hydrogen) atoms. The third-order valence-electron chi connectivity index (χ3n) is 14.3. The molecule has 2 saturated heterocycles. The molecule has 1 unspecified atom stereocenters. The molecule has 2 aliphatic heterocycles. The zero-order valence-electron chi connectivity index (χ0n) is 44.2. The van der Waals surface area contributed by atoms with Crippen molar-refractivity contribution >= 4 is 79.4 Å². The van der Waals surface area contributed by atoms with Crippen LogP contribution in [0, 0.1) is 19.3 Å². The second-order valence-corrected chi connectivity index (χ2v) is 22.9. The van der Waals surface area contributed by atoms with Crippen LogP contribution in [0.3, 0.4) is 0 Å². The molecule has 0 radical (unpaired) electrons. The molecular formula is C55H66N12O8S2. The lowest BCUT2D eigenvalue weighted by atomic mass is 9.85. The van der Waals surface area contributed by atoms with E-state index in [1.54, 1.807) is 17.5 Å². The van der Waals surface area contributed by atoms with Gasteiger partial charge in [-0.2, -0.15) is 0 Å². The van der Waals surface area contributed by atoms with Crippen LogP contribution in [-0.4, -0.2) is 139 Å². The number of aromatic nitrogens is 5. The molecule has 4 atom stereocenters. The van der Waals surface area contributed by atoms with Gasteiger partial charge >= 0.3 is 6.09 Å². The number of nitrogens with one attached hydrogen (secondary N) is 4. The van der Waals surface area contributed by atoms with Crippen LogP contribution < -0.4 is 30.9 Å². The monoisotopic (exact) mass is 1090 g/mol. The second kappa shape index (κ2) is 24.0. The molecule has 22 heteroatoms. The van der Waals surface area contributed by atoms with Gasteiger partial charge in [0.05, 0.1) is 62.2 Å². The second-order valence-electron chi connectivity index (χ2n) is 21.0. The van der Waals surface area contributed by atoms with Crippen molar-refractivity contribution in [3.8, 4) is 27.3 Å². The number of aliphatic hydroxyl groups excluding tert-OH is 1. The molecule has 406 valence electrons. The van der Waals surface area contributed by atoms with E-state index in [1.807, 2.05) is 100 Å². The normalized spacial score (nSPS) is 18.1. The average molecular weight is 1090 g/mol. The number of amides is 5. The van der Waals surface area contributed by atoms with E-state index in [0.717, 1.165) is 68.7 Å². The molecule has 0 bridgehead atoms. The Kier molecular flexibility index (Phi) is 17.1. The number of piperazine rings is 1. The number of nitrogens with zero attached hydrogens (tertiary/aromatic N) is 8. The fraction of sp³-hybridized carbons (Fsp3) is 0.455. The van der Waals surface area contributed by atoms with Gasteiger partial charge in [-0.1, -0.05) is 68.9 Å². The summed E-state index contributed by atoms with van der Waals surface area (Å²) in [5, 5.41) is 22.8. The minimum absolute atomic E-state index is 0.0447. The molecule has 5 N–H and O–H groups in total. The van der Waals surface area contributed by atoms with E-state index in [1.165, 1.54) is 35.1 Å². The molecule has 6 aromatic rings. The topological polar surface area (TPSA) is 246 Å². The Balaban J connectivity index is 0.721. The molecular weight excluding hydrogens is 1020 g/mol. The van der Waals surface area contributed by atoms with Crippen molar-refractivity contribution in [3.63, 3.8) is 0 Å². The molecule has 0 spiro atoms. The number of aliphatic hydroxyl groups is 1. The number of aryl methyl sites for hydroxylation is 2. The van der Waals surface area contributed by atoms with Crippen LogP contribution in [0.2, 0.25) is 0 Å². The van der Waals surface area contributed by atoms with Gasteiger partial charge in [0, 0.05) is 57.4 Å². The van der Waals surface area contributed by atoms with Crippen LogP contribution in [0.1, 0.15) is 83.2 Å². The lowest BCUT2D eigenvalue weighted by molar-refractivity contribution is -0.144. The predicted molar refractivity (Wildman–Crippen MR) is 296 cm³/mol. The highest BCUT2D eigenvalue weighted by Crippen LogP contribution is 2.33. The third kappa shape index (κ3) is 13.5. The number of hydrogen-bond donors (Lipinski definition) is 5. The molecule has 1 aliphatic carbocycles. The Morgan fingerprint density at radius 3 is 2.27 bits per heavy atom. The average Bonchev–Trinajstić information content (AvgIpc) is 4.17. The number of hydrogen-bond acceptors (Lipinski definition) is 17. The Morgan fingerprint density at radius 1 is 0.844 bits per heavy atom. The number of benzene rings is 2. The van der Waals surface area contributed by atoms with Crippen molar-refractivity contribution in [2.24, 2.45) is 5.41 Å². The summed E-state index contributed by atoms with van der Waals surface area (Å²) in [5.74, 6) is -0.862. The first-order valence-electron chi connectivity index (χ1n) is 26.1. The maximum Gasteiger partial charge on any atom is 0.411 e. The number of pyridine rings is 1. The quantitative estimate of drug-likeness (QED) is 0.0648. The zero-order valence-corrected chi connectivity index (χ0v) is 45.8. The van der Waals surface area contributed by atoms with Gasteiger partial charge in [-0.05, 0) is 86.8 Å². The summed E-state index contributed by atoms with van der Waals surface area (Å²) >= 11 is 2.95. The number of fused-ring (bicyclic) bond motifs is 1. The Morgan fingerprint density at radius 2 is 1.57 bits per heavy atom. The fourth-order valence-corrected chi connectivity index (χ4v) is 11.5. The molecule has 9 rings (SSSR count). The van der Waals surface area contributed by atoms with Crippen molar-refractivity contribution in [3.05, 3.63) is 89.6 Å². The van der Waals surface area contributed by atoms with Crippen molar-refractivity contribution in [2.75, 3.05) is 54.9 Å². The van der Waals surface area contributed by atoms with E-state index in [9.17, 15) is 29.1 Å². The Labute approximate surface area is 455 Å². The summed E-state index contributed by atoms with van der Waals surface area (Å²) in [7, 11) is 0. The first-order chi connectivity index (χ1) is 36.9. The van der Waals surface area contributed by atoms with Crippen LogP contribution in [0.25, 0.3) is 31.8 Å². The molecule has 3 aliphatic rings. The molecule has 3 fully saturated rings. The van der Waals surface area contributed by atoms with Crippen LogP contribution >= 0.6 is 22.7 Å². The van der Waals surface area contributed by atoms with E-state index in [-0.39, 0.29) is 37.3 Å². The van der Waals surface area contributed by atoms with Gasteiger partial charge in [-0.25, -0.2) is 24.7 Å². The molecule has 4 aromatic heterocycles. The van der Waals surface area contributed by atoms with E-state index in [2.05, 4.69) is 51.1 Å². The van der Waals surface area contributed by atoms with Crippen LogP contribution in [0.4, 0.5) is 21.6 Å². The number of rotatable bonds is 16. The van der Waals surface area contributed by atoms with E-state index in [0.29, 0.717) is 48.6 Å². The minimum atomic E-state index is -1.03. The maximum absolute atomic E-state index is 14.1. The van der Waals surface area contributed by atoms with E-state index >= 15 is 0 Å². The van der Waals surface area contributed by atoms with Gasteiger partial charge in [-0.15, -0.1) is 11.3 Å². The number of ether oxygens (including phenoxy) is 2. The number of likely N-dealkylation sites (tertiary alicyclic amines) is 1. The van der Waals surface area contributed by atoms with Gasteiger partial charge in [0.2, 0.25) is 23.7 Å². The smallest absolute Gasteiger partial charge is 0.411 e. The molecule has 6 heterocycles. The third-order valence-corrected chi connectivity index (χ3v) is 16.2. The first kappa shape index (κ1) is 54.6. The number of thiazole rings is 2. The maximum atomic E-state index is 14.1. The summed E-state index contributed by atoms with van der Waals surface area (Å²) in [6.45, 7) is 13.2. The lowest BCUT2D eigenvalue weighted by Gasteiger charge is -2.37. The van der Waals surface area contributed by atoms with Gasteiger partial charge < -0.3 is 40.3 Å². The number of anilines is 3. The van der Waals surface area contributed by atoms with Crippen LogP contribution in [0.5, 0.6) is 5.75 Å². The zero-order chi connectivity index (χ0) is 54.4. The highest BCUT2D eigenvalue weighted by Gasteiger charge is 2.44. The van der Waals surface area contributed by atoms with Gasteiger partial charge in [0.15, 0.2) is 17.5 Å². The summed E-state index contributed by atoms with van der Waals surface area (Å²) in [4.78, 5) is 96.3. The summed E-state index contributed by atoms with van der Waals surface area (Å²) in [6.07, 6.45) is 8.48. The first-order valence-corrected chi connectivity index (χ1v) is 27.8. The molecule has 20 nitrogen and oxygen atoms in total. The summed E-state index contributed by atoms with van der Waals surface area (Å²) in [6, 6.07) is 13.2. The highest BCUT2D eigenvalue weighted by atomic mass is 32.1. The highest BCUT2D eigenvalue weighted by molar-refractivity contribution is 7.22. The summed E-state index contributed by atoms with van der Waals surface area (Å²) in [5.41, 5.74) is 7.68. The van der Waals surface area contributed by atoms with E-state index < -0.39 is 60.1 Å². The minimum Gasteiger partial charge on any atom is -0.481 e. The van der Waals surface area contributed by atoms with Crippen molar-refractivity contribution in [1.29, 1.82) is 0 Å². The fourth-order valence-electron chi connectivity index (χ4n) is 9.81. The van der Waals surface area contributed by atoms with Gasteiger partial charge in [0.1, 0.15) is 18.2 Å². The largest absolute Gasteiger partial charge is 0.481 e. The van der Waals surface area contributed by atoms with Crippen LogP contribution in [0.15, 0.2) is 72.6 Å². The number of carbonyl (C=O) groups is 5. The van der Waals surface area contributed by atoms with Gasteiger partial charge in [-0.3, -0.25) is 34.4 Å². The van der Waals surface area contributed by atoms with Crippen molar-refractivity contribution < 1.29 is 38.6 Å². The van der Waals surface area contributed by atoms with Crippen LogP contribution in [-0.2, 0) is 30.5 Å². The molecule has 2 aromatic carbocycles. The molecule has 1 saturated carbocycles. The predicted octanol–water partition coefficient (Wildman–Crippen LogP) is 7.11. The van der Waals surface area contributed by atoms with Crippen molar-refractivity contribution in [1.82, 2.24) is 45.4 Å².